The van der Waals surface area contributed by atoms with Gasteiger partial charge in [0.25, 0.3) is 0 Å². The van der Waals surface area contributed by atoms with Crippen molar-refractivity contribution >= 4 is 39.1 Å². The van der Waals surface area contributed by atoms with Crippen LogP contribution in [0, 0.1) is 0 Å². The third-order valence-corrected chi connectivity index (χ3v) is 3.48. The molecule has 2 rings (SSSR count). The average Bonchev–Trinajstić information content (AvgIpc) is 2.64. The molecular formula is C11H7BrCl2O2. The van der Waals surface area contributed by atoms with Crippen LogP contribution in [0.3, 0.4) is 0 Å². The average molecular weight is 322 g/mol. The molecule has 0 aliphatic heterocycles. The molecule has 2 aromatic rings. The second-order valence-electron chi connectivity index (χ2n) is 3.17. The number of benzene rings is 1. The molecule has 1 atom stereocenters. The molecular weight excluding hydrogens is 315 g/mol. The largest absolute Gasteiger partial charge is 0.465 e. The number of hydrogen-bond donors (Lipinski definition) is 1. The molecule has 0 saturated carbocycles. The molecule has 0 bridgehead atoms. The van der Waals surface area contributed by atoms with Crippen molar-refractivity contribution in [2.45, 2.75) is 6.10 Å². The SMILES string of the molecule is OC(c1occc1Br)c1c(Cl)cccc1Cl. The Bertz CT molecular complexity index is 490. The highest BCUT2D eigenvalue weighted by molar-refractivity contribution is 9.10. The van der Waals surface area contributed by atoms with Gasteiger partial charge in [-0.25, -0.2) is 0 Å². The Hall–Kier alpha value is -0.480. The zero-order valence-corrected chi connectivity index (χ0v) is 11.1. The van der Waals surface area contributed by atoms with Gasteiger partial charge < -0.3 is 9.52 Å². The fourth-order valence-corrected chi connectivity index (χ4v) is 2.43. The summed E-state index contributed by atoms with van der Waals surface area (Å²) >= 11 is 15.3. The molecule has 1 aromatic carbocycles. The predicted octanol–water partition coefficient (Wildman–Crippen LogP) is 4.43. The Balaban J connectivity index is 2.49. The Labute approximate surface area is 111 Å². The first-order valence-corrected chi connectivity index (χ1v) is 6.01. The van der Waals surface area contributed by atoms with Gasteiger partial charge in [-0.15, -0.1) is 0 Å². The van der Waals surface area contributed by atoms with Gasteiger partial charge in [0.2, 0.25) is 0 Å². The van der Waals surface area contributed by atoms with Crippen molar-refractivity contribution in [2.24, 2.45) is 0 Å². The van der Waals surface area contributed by atoms with Crippen molar-refractivity contribution in [3.05, 3.63) is 56.4 Å². The maximum atomic E-state index is 10.1. The molecule has 16 heavy (non-hydrogen) atoms. The van der Waals surface area contributed by atoms with Gasteiger partial charge in [-0.1, -0.05) is 29.3 Å². The van der Waals surface area contributed by atoms with E-state index in [1.165, 1.54) is 6.26 Å². The maximum Gasteiger partial charge on any atom is 0.151 e. The van der Waals surface area contributed by atoms with Crippen LogP contribution in [-0.4, -0.2) is 5.11 Å². The molecule has 0 fully saturated rings. The number of aliphatic hydroxyl groups excluding tert-OH is 1. The second-order valence-corrected chi connectivity index (χ2v) is 4.84. The minimum absolute atomic E-state index is 0.384. The van der Waals surface area contributed by atoms with Gasteiger partial charge in [-0.2, -0.15) is 0 Å². The first kappa shape index (κ1) is 12.0. The van der Waals surface area contributed by atoms with Crippen LogP contribution in [-0.2, 0) is 0 Å². The smallest absolute Gasteiger partial charge is 0.151 e. The van der Waals surface area contributed by atoms with Crippen molar-refractivity contribution in [3.63, 3.8) is 0 Å². The summed E-state index contributed by atoms with van der Waals surface area (Å²) < 4.78 is 5.85. The topological polar surface area (TPSA) is 33.4 Å². The molecule has 2 nitrogen and oxygen atoms in total. The number of halogens is 3. The molecule has 1 unspecified atom stereocenters. The molecule has 0 spiro atoms. The molecule has 0 radical (unpaired) electrons. The minimum Gasteiger partial charge on any atom is -0.465 e. The van der Waals surface area contributed by atoms with Crippen molar-refractivity contribution in [2.75, 3.05) is 0 Å². The summed E-state index contributed by atoms with van der Waals surface area (Å²) in [5.41, 5.74) is 0.446. The minimum atomic E-state index is -0.981. The number of furan rings is 1. The van der Waals surface area contributed by atoms with E-state index >= 15 is 0 Å². The van der Waals surface area contributed by atoms with Gasteiger partial charge in [0.05, 0.1) is 10.7 Å². The van der Waals surface area contributed by atoms with Crippen LogP contribution in [0.25, 0.3) is 0 Å². The van der Waals surface area contributed by atoms with E-state index in [4.69, 9.17) is 27.6 Å². The van der Waals surface area contributed by atoms with Crippen molar-refractivity contribution < 1.29 is 9.52 Å². The third-order valence-electron chi connectivity index (χ3n) is 2.17. The van der Waals surface area contributed by atoms with E-state index in [0.717, 1.165) is 0 Å². The van der Waals surface area contributed by atoms with Crippen molar-refractivity contribution in [3.8, 4) is 0 Å². The summed E-state index contributed by atoms with van der Waals surface area (Å²) in [5.74, 6) is 0.384. The van der Waals surface area contributed by atoms with Crippen LogP contribution < -0.4 is 0 Å². The lowest BCUT2D eigenvalue weighted by atomic mass is 10.1. The van der Waals surface area contributed by atoms with Crippen LogP contribution in [0.1, 0.15) is 17.4 Å². The van der Waals surface area contributed by atoms with E-state index in [1.54, 1.807) is 24.3 Å². The summed E-state index contributed by atoms with van der Waals surface area (Å²) in [6, 6.07) is 6.76. The van der Waals surface area contributed by atoms with E-state index in [0.29, 0.717) is 25.8 Å². The molecule has 84 valence electrons. The van der Waals surface area contributed by atoms with Crippen molar-refractivity contribution in [1.29, 1.82) is 0 Å². The van der Waals surface area contributed by atoms with Gasteiger partial charge in [-0.05, 0) is 34.1 Å². The van der Waals surface area contributed by atoms with Gasteiger partial charge in [0.1, 0.15) is 6.10 Å². The zero-order chi connectivity index (χ0) is 11.7. The summed E-state index contributed by atoms with van der Waals surface area (Å²) in [6.07, 6.45) is 0.499. The van der Waals surface area contributed by atoms with Crippen LogP contribution in [0.2, 0.25) is 10.0 Å². The van der Waals surface area contributed by atoms with Crippen LogP contribution in [0.4, 0.5) is 0 Å². The predicted molar refractivity (Wildman–Crippen MR) is 66.9 cm³/mol. The summed E-state index contributed by atoms with van der Waals surface area (Å²) in [7, 11) is 0. The molecule has 0 aliphatic carbocycles. The molecule has 0 aliphatic rings. The van der Waals surface area contributed by atoms with E-state index in [1.807, 2.05) is 0 Å². The highest BCUT2D eigenvalue weighted by atomic mass is 79.9. The van der Waals surface area contributed by atoms with Gasteiger partial charge in [0, 0.05) is 15.6 Å². The van der Waals surface area contributed by atoms with E-state index < -0.39 is 6.10 Å². The molecule has 1 heterocycles. The lowest BCUT2D eigenvalue weighted by Gasteiger charge is -2.12. The summed E-state index contributed by atoms with van der Waals surface area (Å²) in [4.78, 5) is 0. The Morgan fingerprint density at radius 1 is 1.19 bits per heavy atom. The quantitative estimate of drug-likeness (QED) is 0.887. The van der Waals surface area contributed by atoms with Crippen LogP contribution in [0.5, 0.6) is 0 Å². The van der Waals surface area contributed by atoms with Gasteiger partial charge in [-0.3, -0.25) is 0 Å². The molecule has 5 heteroatoms. The third kappa shape index (κ3) is 2.13. The molecule has 0 saturated heterocycles. The zero-order valence-electron chi connectivity index (χ0n) is 7.95. The fourth-order valence-electron chi connectivity index (χ4n) is 1.40. The molecule has 1 aromatic heterocycles. The lowest BCUT2D eigenvalue weighted by molar-refractivity contribution is 0.188. The summed E-state index contributed by atoms with van der Waals surface area (Å²) in [6.45, 7) is 0. The van der Waals surface area contributed by atoms with Crippen LogP contribution in [0.15, 0.2) is 39.4 Å². The number of hydrogen-bond acceptors (Lipinski definition) is 2. The Morgan fingerprint density at radius 2 is 1.81 bits per heavy atom. The molecule has 1 N–H and O–H groups in total. The van der Waals surface area contributed by atoms with E-state index in [9.17, 15) is 5.11 Å². The maximum absolute atomic E-state index is 10.1. The number of aliphatic hydroxyl groups is 1. The fraction of sp³-hybridized carbons (Fsp3) is 0.0909. The normalized spacial score (nSPS) is 12.8. The monoisotopic (exact) mass is 320 g/mol. The lowest BCUT2D eigenvalue weighted by Crippen LogP contribution is -2.00. The van der Waals surface area contributed by atoms with Crippen molar-refractivity contribution in [1.82, 2.24) is 0 Å². The Morgan fingerprint density at radius 3 is 2.31 bits per heavy atom. The Kier molecular flexibility index (Phi) is 3.60. The van der Waals surface area contributed by atoms with E-state index in [2.05, 4.69) is 15.9 Å². The summed E-state index contributed by atoms with van der Waals surface area (Å²) in [5, 5.41) is 10.9. The first-order valence-electron chi connectivity index (χ1n) is 4.46. The molecule has 0 amide bonds. The van der Waals surface area contributed by atoms with Gasteiger partial charge >= 0.3 is 0 Å². The van der Waals surface area contributed by atoms with Crippen LogP contribution >= 0.6 is 39.1 Å². The van der Waals surface area contributed by atoms with Gasteiger partial charge in [0.15, 0.2) is 5.76 Å². The standard InChI is InChI=1S/C11H7BrCl2O2/c12-6-4-5-16-11(6)10(15)9-7(13)2-1-3-8(9)14/h1-5,10,15H. The second kappa shape index (κ2) is 4.80. The highest BCUT2D eigenvalue weighted by Crippen LogP contribution is 2.36. The first-order chi connectivity index (χ1) is 7.61. The highest BCUT2D eigenvalue weighted by Gasteiger charge is 2.22. The number of rotatable bonds is 2. The van der Waals surface area contributed by atoms with E-state index in [-0.39, 0.29) is 0 Å².